The first-order chi connectivity index (χ1) is 20.1. The van der Waals surface area contributed by atoms with Crippen LogP contribution in [0.25, 0.3) is 55.5 Å². The fourth-order valence-electron chi connectivity index (χ4n) is 7.05. The SMILES string of the molecule is CCC1=C(CC)c2cc3[nH]c(cc4cc(cc5[nH]c(cc1n2)c(C)c5CC)-c1ccc(C(C)(C)C)cc1-4)c(CC)c3C. The molecule has 6 rings (SSSR count). The Balaban J connectivity index is 1.80. The van der Waals surface area contributed by atoms with Crippen LogP contribution in [0.5, 0.6) is 0 Å². The first-order valence-electron chi connectivity index (χ1n) is 15.8. The van der Waals surface area contributed by atoms with E-state index in [0.717, 1.165) is 48.1 Å². The van der Waals surface area contributed by atoms with Crippen LogP contribution in [0.15, 0.2) is 48.5 Å². The molecule has 3 heteroatoms. The van der Waals surface area contributed by atoms with Crippen molar-refractivity contribution in [3.63, 3.8) is 0 Å². The standard InChI is InChI=1S/C39H45N3/c1-10-27-22(5)33-20-37-29(12-3)30(13-4)38(42-37)21-34-23(6)28(11-2)36(41-34)18-25-16-24(17-35(27)40-33)31-15-14-26(19-32(25)31)39(7,8)9/h14-21,40-41H,10-13H2,1-9H3. The van der Waals surface area contributed by atoms with E-state index in [1.54, 1.807) is 0 Å². The molecule has 3 nitrogen and oxygen atoms in total. The quantitative estimate of drug-likeness (QED) is 0.228. The van der Waals surface area contributed by atoms with Gasteiger partial charge in [0, 0.05) is 22.1 Å². The molecule has 2 aliphatic rings. The third-order valence-electron chi connectivity index (χ3n) is 9.52. The molecular formula is C39H45N3. The lowest BCUT2D eigenvalue weighted by molar-refractivity contribution is 0.590. The average Bonchev–Trinajstić information content (AvgIpc) is 3.65. The number of nitrogens with one attached hydrogen (secondary N) is 2. The summed E-state index contributed by atoms with van der Waals surface area (Å²) < 4.78 is 0. The van der Waals surface area contributed by atoms with E-state index in [4.69, 9.17) is 4.98 Å². The van der Waals surface area contributed by atoms with E-state index in [2.05, 4.69) is 121 Å². The van der Waals surface area contributed by atoms with Crippen LogP contribution in [-0.4, -0.2) is 15.0 Å². The Morgan fingerprint density at radius 3 is 1.52 bits per heavy atom. The molecule has 0 saturated carbocycles. The molecule has 0 unspecified atom stereocenters. The number of fused-ring (bicyclic) bond motifs is 11. The molecule has 8 bridgehead atoms. The minimum Gasteiger partial charge on any atom is -0.355 e. The molecule has 4 aromatic rings. The van der Waals surface area contributed by atoms with E-state index in [0.29, 0.717) is 0 Å². The van der Waals surface area contributed by atoms with Gasteiger partial charge in [-0.1, -0.05) is 60.6 Å². The molecule has 216 valence electrons. The summed E-state index contributed by atoms with van der Waals surface area (Å²) in [6, 6.07) is 18.8. The fourth-order valence-corrected chi connectivity index (χ4v) is 7.05. The monoisotopic (exact) mass is 555 g/mol. The number of allylic oxidation sites excluding steroid dienone is 2. The molecule has 0 spiro atoms. The van der Waals surface area contributed by atoms with Gasteiger partial charge in [-0.05, 0) is 143 Å². The fraction of sp³-hybridized carbons (Fsp3) is 0.359. The van der Waals surface area contributed by atoms with Gasteiger partial charge in [0.15, 0.2) is 0 Å². The van der Waals surface area contributed by atoms with Gasteiger partial charge < -0.3 is 9.97 Å². The van der Waals surface area contributed by atoms with E-state index < -0.39 is 0 Å². The first-order valence-corrected chi connectivity index (χ1v) is 15.8. The van der Waals surface area contributed by atoms with E-state index in [9.17, 15) is 0 Å². The Bertz CT molecular complexity index is 1920. The summed E-state index contributed by atoms with van der Waals surface area (Å²) in [5.41, 5.74) is 21.6. The number of H-pyrrole nitrogens is 2. The lowest BCUT2D eigenvalue weighted by Gasteiger charge is -2.20. The molecule has 0 radical (unpaired) electrons. The zero-order valence-corrected chi connectivity index (χ0v) is 26.9. The Morgan fingerprint density at radius 1 is 0.571 bits per heavy atom. The number of aromatic nitrogens is 3. The number of hydrogen-bond donors (Lipinski definition) is 2. The molecule has 0 atom stereocenters. The number of rotatable bonds is 4. The van der Waals surface area contributed by atoms with Crippen molar-refractivity contribution in [2.45, 2.75) is 93.4 Å². The zero-order chi connectivity index (χ0) is 29.9. The van der Waals surface area contributed by atoms with Gasteiger partial charge >= 0.3 is 0 Å². The van der Waals surface area contributed by atoms with Crippen LogP contribution in [0.2, 0.25) is 0 Å². The topological polar surface area (TPSA) is 44.5 Å². The first kappa shape index (κ1) is 28.3. The summed E-state index contributed by atoms with van der Waals surface area (Å²) in [6.07, 6.45) is 3.89. The van der Waals surface area contributed by atoms with Crippen molar-refractivity contribution in [1.29, 1.82) is 0 Å². The number of aromatic amines is 2. The van der Waals surface area contributed by atoms with Crippen LogP contribution in [0, 0.1) is 13.8 Å². The smallest absolute Gasteiger partial charge is 0.0693 e. The molecular weight excluding hydrogens is 510 g/mol. The van der Waals surface area contributed by atoms with E-state index >= 15 is 0 Å². The van der Waals surface area contributed by atoms with Crippen LogP contribution in [-0.2, 0) is 18.3 Å². The number of aryl methyl sites for hydroxylation is 4. The summed E-state index contributed by atoms with van der Waals surface area (Å²) in [7, 11) is 0. The minimum atomic E-state index is 0.0812. The van der Waals surface area contributed by atoms with Gasteiger partial charge in [0.25, 0.3) is 0 Å². The van der Waals surface area contributed by atoms with Gasteiger partial charge in [0.2, 0.25) is 0 Å². The van der Waals surface area contributed by atoms with Gasteiger partial charge in [-0.3, -0.25) is 0 Å². The van der Waals surface area contributed by atoms with Gasteiger partial charge in [-0.25, -0.2) is 4.98 Å². The van der Waals surface area contributed by atoms with Crippen molar-refractivity contribution in [1.82, 2.24) is 15.0 Å². The van der Waals surface area contributed by atoms with Crippen LogP contribution in [0.1, 0.15) is 101 Å². The summed E-state index contributed by atoms with van der Waals surface area (Å²) in [4.78, 5) is 12.9. The normalized spacial score (nSPS) is 13.2. The van der Waals surface area contributed by atoms with Crippen molar-refractivity contribution < 1.29 is 0 Å². The molecule has 0 saturated heterocycles. The van der Waals surface area contributed by atoms with Crippen molar-refractivity contribution >= 4 is 33.2 Å². The molecule has 4 heterocycles. The molecule has 2 N–H and O–H groups in total. The second-order valence-electron chi connectivity index (χ2n) is 13.0. The maximum Gasteiger partial charge on any atom is 0.0693 e. The lowest BCUT2D eigenvalue weighted by atomic mass is 9.85. The number of nitrogens with zero attached hydrogens (tertiary/aromatic N) is 1. The Hall–Kier alpha value is -3.85. The summed E-state index contributed by atoms with van der Waals surface area (Å²) >= 11 is 0. The lowest BCUT2D eigenvalue weighted by Crippen LogP contribution is -2.10. The molecule has 0 amide bonds. The maximum atomic E-state index is 5.26. The summed E-state index contributed by atoms with van der Waals surface area (Å²) in [5, 5.41) is 0. The predicted molar refractivity (Wildman–Crippen MR) is 182 cm³/mol. The third kappa shape index (κ3) is 4.54. The Kier molecular flexibility index (Phi) is 7.04. The predicted octanol–water partition coefficient (Wildman–Crippen LogP) is 11.0. The Labute approximate surface area is 251 Å². The second kappa shape index (κ2) is 10.5. The highest BCUT2D eigenvalue weighted by Crippen LogP contribution is 2.42. The summed E-state index contributed by atoms with van der Waals surface area (Å²) in [5.74, 6) is 0. The largest absolute Gasteiger partial charge is 0.355 e. The average molecular weight is 556 g/mol. The minimum absolute atomic E-state index is 0.0812. The highest BCUT2D eigenvalue weighted by Gasteiger charge is 2.22. The van der Waals surface area contributed by atoms with Crippen molar-refractivity contribution in [2.24, 2.45) is 0 Å². The van der Waals surface area contributed by atoms with Gasteiger partial charge in [-0.15, -0.1) is 0 Å². The highest BCUT2D eigenvalue weighted by molar-refractivity contribution is 5.95. The molecule has 1 aromatic carbocycles. The molecule has 1 aliphatic carbocycles. The van der Waals surface area contributed by atoms with Crippen LogP contribution >= 0.6 is 0 Å². The van der Waals surface area contributed by atoms with Gasteiger partial charge in [0.1, 0.15) is 0 Å². The molecule has 1 aliphatic heterocycles. The van der Waals surface area contributed by atoms with Crippen molar-refractivity contribution in [2.75, 3.05) is 0 Å². The van der Waals surface area contributed by atoms with E-state index in [1.807, 2.05) is 0 Å². The zero-order valence-electron chi connectivity index (χ0n) is 26.9. The second-order valence-corrected chi connectivity index (χ2v) is 13.0. The Morgan fingerprint density at radius 2 is 1.07 bits per heavy atom. The van der Waals surface area contributed by atoms with Crippen molar-refractivity contribution in [3.05, 3.63) is 87.7 Å². The van der Waals surface area contributed by atoms with E-state index in [1.165, 1.54) is 72.3 Å². The van der Waals surface area contributed by atoms with Gasteiger partial charge in [-0.2, -0.15) is 0 Å². The van der Waals surface area contributed by atoms with Gasteiger partial charge in [0.05, 0.1) is 11.4 Å². The molecule has 42 heavy (non-hydrogen) atoms. The molecule has 3 aromatic heterocycles. The highest BCUT2D eigenvalue weighted by atomic mass is 14.8. The van der Waals surface area contributed by atoms with Crippen LogP contribution < -0.4 is 0 Å². The van der Waals surface area contributed by atoms with Crippen LogP contribution in [0.4, 0.5) is 0 Å². The van der Waals surface area contributed by atoms with Crippen LogP contribution in [0.3, 0.4) is 0 Å². The summed E-state index contributed by atoms with van der Waals surface area (Å²) in [6.45, 7) is 20.4. The third-order valence-corrected chi connectivity index (χ3v) is 9.52. The van der Waals surface area contributed by atoms with E-state index in [-0.39, 0.29) is 5.41 Å². The maximum absolute atomic E-state index is 5.26. The number of benzene rings is 1. The number of hydrogen-bond acceptors (Lipinski definition) is 1. The van der Waals surface area contributed by atoms with Crippen molar-refractivity contribution in [3.8, 4) is 22.3 Å². The molecule has 0 fully saturated rings.